The Hall–Kier alpha value is -0.0800. The molecule has 16 heavy (non-hydrogen) atoms. The van der Waals surface area contributed by atoms with Gasteiger partial charge in [-0.2, -0.15) is 0 Å². The van der Waals surface area contributed by atoms with Crippen molar-refractivity contribution < 1.29 is 4.74 Å². The van der Waals surface area contributed by atoms with E-state index in [0.717, 1.165) is 13.1 Å². The minimum absolute atomic E-state index is 0.379. The molecule has 1 rings (SSSR count). The van der Waals surface area contributed by atoms with E-state index in [4.69, 9.17) is 4.74 Å². The number of hydrogen-bond acceptors (Lipinski definition) is 2. The Bertz CT molecular complexity index is 155. The topological polar surface area (TPSA) is 21.3 Å². The predicted molar refractivity (Wildman–Crippen MR) is 69.8 cm³/mol. The zero-order valence-electron chi connectivity index (χ0n) is 11.1. The van der Waals surface area contributed by atoms with E-state index in [1.54, 1.807) is 0 Å². The zero-order valence-corrected chi connectivity index (χ0v) is 11.1. The van der Waals surface area contributed by atoms with Gasteiger partial charge in [-0.1, -0.05) is 39.0 Å². The van der Waals surface area contributed by atoms with Crippen LogP contribution in [0, 0.1) is 0 Å². The lowest BCUT2D eigenvalue weighted by Gasteiger charge is -2.25. The Labute approximate surface area is 101 Å². The van der Waals surface area contributed by atoms with Crippen molar-refractivity contribution in [3.8, 4) is 0 Å². The second-order valence-corrected chi connectivity index (χ2v) is 5.12. The van der Waals surface area contributed by atoms with Crippen LogP contribution in [0.15, 0.2) is 0 Å². The van der Waals surface area contributed by atoms with E-state index >= 15 is 0 Å². The molecule has 1 unspecified atom stereocenters. The summed E-state index contributed by atoms with van der Waals surface area (Å²) < 4.78 is 6.04. The Balaban J connectivity index is 1.95. The average molecular weight is 227 g/mol. The van der Waals surface area contributed by atoms with Crippen molar-refractivity contribution in [3.63, 3.8) is 0 Å². The molecule has 1 aliphatic rings. The van der Waals surface area contributed by atoms with Crippen molar-refractivity contribution >= 4 is 0 Å². The molecule has 2 nitrogen and oxygen atoms in total. The van der Waals surface area contributed by atoms with Gasteiger partial charge in [-0.25, -0.2) is 0 Å². The number of nitrogens with one attached hydrogen (secondary N) is 1. The standard InChI is InChI=1S/C14H29NO/c1-3-4-8-11-15-12-13(2)16-14-9-6-5-7-10-14/h13-15H,3-12H2,1-2H3. The fourth-order valence-corrected chi connectivity index (χ4v) is 2.38. The van der Waals surface area contributed by atoms with Crippen molar-refractivity contribution in [3.05, 3.63) is 0 Å². The summed E-state index contributed by atoms with van der Waals surface area (Å²) in [6, 6.07) is 0. The van der Waals surface area contributed by atoms with Gasteiger partial charge in [0, 0.05) is 6.54 Å². The van der Waals surface area contributed by atoms with Crippen molar-refractivity contribution in [2.75, 3.05) is 13.1 Å². The van der Waals surface area contributed by atoms with Gasteiger partial charge in [-0.15, -0.1) is 0 Å². The Morgan fingerprint density at radius 3 is 2.62 bits per heavy atom. The number of unbranched alkanes of at least 4 members (excludes halogenated alkanes) is 2. The van der Waals surface area contributed by atoms with Crippen molar-refractivity contribution in [1.29, 1.82) is 0 Å². The molecule has 0 amide bonds. The minimum Gasteiger partial charge on any atom is -0.374 e. The minimum atomic E-state index is 0.379. The van der Waals surface area contributed by atoms with Gasteiger partial charge in [0.05, 0.1) is 12.2 Å². The molecular formula is C14H29NO. The molecule has 0 spiro atoms. The van der Waals surface area contributed by atoms with Crippen LogP contribution in [0.4, 0.5) is 0 Å². The third kappa shape index (κ3) is 6.49. The molecule has 0 bridgehead atoms. The van der Waals surface area contributed by atoms with Crippen LogP contribution in [-0.4, -0.2) is 25.3 Å². The molecule has 1 saturated carbocycles. The van der Waals surface area contributed by atoms with Crippen LogP contribution < -0.4 is 5.32 Å². The normalized spacial score (nSPS) is 19.9. The molecule has 0 radical (unpaired) electrons. The highest BCUT2D eigenvalue weighted by molar-refractivity contribution is 4.67. The summed E-state index contributed by atoms with van der Waals surface area (Å²) in [4.78, 5) is 0. The molecule has 96 valence electrons. The summed E-state index contributed by atoms with van der Waals surface area (Å²) in [6.07, 6.45) is 11.5. The first-order valence-electron chi connectivity index (χ1n) is 7.19. The van der Waals surface area contributed by atoms with Crippen LogP contribution in [0.3, 0.4) is 0 Å². The summed E-state index contributed by atoms with van der Waals surface area (Å²) in [5.74, 6) is 0. The number of hydrogen-bond donors (Lipinski definition) is 1. The molecule has 0 aliphatic heterocycles. The van der Waals surface area contributed by atoms with E-state index in [1.807, 2.05) is 0 Å². The molecular weight excluding hydrogens is 198 g/mol. The van der Waals surface area contributed by atoms with Crippen molar-refractivity contribution in [1.82, 2.24) is 5.32 Å². The third-order valence-electron chi connectivity index (χ3n) is 3.37. The summed E-state index contributed by atoms with van der Waals surface area (Å²) in [5, 5.41) is 3.48. The molecule has 0 aromatic heterocycles. The number of ether oxygens (including phenoxy) is 1. The molecule has 1 aliphatic carbocycles. The Kier molecular flexibility index (Phi) is 7.87. The highest BCUT2D eigenvalue weighted by Gasteiger charge is 2.16. The summed E-state index contributed by atoms with van der Waals surface area (Å²) >= 11 is 0. The van der Waals surface area contributed by atoms with E-state index in [0.29, 0.717) is 12.2 Å². The van der Waals surface area contributed by atoms with Gasteiger partial charge in [-0.3, -0.25) is 0 Å². The number of rotatable bonds is 8. The van der Waals surface area contributed by atoms with Gasteiger partial charge in [-0.05, 0) is 32.7 Å². The maximum absolute atomic E-state index is 6.04. The summed E-state index contributed by atoms with van der Waals surface area (Å²) in [5.41, 5.74) is 0. The maximum atomic E-state index is 6.04. The van der Waals surface area contributed by atoms with E-state index < -0.39 is 0 Å². The molecule has 0 saturated heterocycles. The van der Waals surface area contributed by atoms with Gasteiger partial charge >= 0.3 is 0 Å². The van der Waals surface area contributed by atoms with Crippen molar-refractivity contribution in [2.45, 2.75) is 77.4 Å². The molecule has 1 N–H and O–H groups in total. The predicted octanol–water partition coefficient (Wildman–Crippen LogP) is 3.50. The smallest absolute Gasteiger partial charge is 0.0675 e. The lowest BCUT2D eigenvalue weighted by atomic mass is 9.98. The third-order valence-corrected chi connectivity index (χ3v) is 3.37. The summed E-state index contributed by atoms with van der Waals surface area (Å²) in [6.45, 7) is 6.60. The molecule has 0 aromatic rings. The lowest BCUT2D eigenvalue weighted by molar-refractivity contribution is -0.0197. The first-order valence-corrected chi connectivity index (χ1v) is 7.19. The highest BCUT2D eigenvalue weighted by atomic mass is 16.5. The van der Waals surface area contributed by atoms with Crippen LogP contribution in [0.2, 0.25) is 0 Å². The van der Waals surface area contributed by atoms with E-state index in [9.17, 15) is 0 Å². The van der Waals surface area contributed by atoms with Crippen LogP contribution >= 0.6 is 0 Å². The first-order chi connectivity index (χ1) is 7.83. The monoisotopic (exact) mass is 227 g/mol. The van der Waals surface area contributed by atoms with E-state index in [2.05, 4.69) is 19.2 Å². The van der Waals surface area contributed by atoms with Crippen LogP contribution in [0.5, 0.6) is 0 Å². The second-order valence-electron chi connectivity index (χ2n) is 5.12. The van der Waals surface area contributed by atoms with Gasteiger partial charge in [0.15, 0.2) is 0 Å². The first kappa shape index (κ1) is 14.0. The SMILES string of the molecule is CCCCCNCC(C)OC1CCCCC1. The maximum Gasteiger partial charge on any atom is 0.0675 e. The molecule has 2 heteroatoms. The van der Waals surface area contributed by atoms with Gasteiger partial charge in [0.1, 0.15) is 0 Å². The van der Waals surface area contributed by atoms with Gasteiger partial charge in [0.2, 0.25) is 0 Å². The van der Waals surface area contributed by atoms with Gasteiger partial charge < -0.3 is 10.1 Å². The summed E-state index contributed by atoms with van der Waals surface area (Å²) in [7, 11) is 0. The van der Waals surface area contributed by atoms with E-state index in [-0.39, 0.29) is 0 Å². The zero-order chi connectivity index (χ0) is 11.6. The van der Waals surface area contributed by atoms with Crippen molar-refractivity contribution in [2.24, 2.45) is 0 Å². The van der Waals surface area contributed by atoms with Crippen LogP contribution in [0.1, 0.15) is 65.2 Å². The molecule has 1 atom stereocenters. The van der Waals surface area contributed by atoms with E-state index in [1.165, 1.54) is 51.4 Å². The average Bonchev–Trinajstić information content (AvgIpc) is 2.30. The quantitative estimate of drug-likeness (QED) is 0.641. The molecule has 1 fully saturated rings. The van der Waals surface area contributed by atoms with Gasteiger partial charge in [0.25, 0.3) is 0 Å². The fraction of sp³-hybridized carbons (Fsp3) is 1.00. The Morgan fingerprint density at radius 2 is 1.94 bits per heavy atom. The second kappa shape index (κ2) is 9.00. The van der Waals surface area contributed by atoms with Crippen LogP contribution in [-0.2, 0) is 4.74 Å². The highest BCUT2D eigenvalue weighted by Crippen LogP contribution is 2.21. The largest absolute Gasteiger partial charge is 0.374 e. The molecule has 0 heterocycles. The lowest BCUT2D eigenvalue weighted by Crippen LogP contribution is -2.31. The Morgan fingerprint density at radius 1 is 1.19 bits per heavy atom. The fourth-order valence-electron chi connectivity index (χ4n) is 2.38. The van der Waals surface area contributed by atoms with Crippen LogP contribution in [0.25, 0.3) is 0 Å². The molecule has 0 aromatic carbocycles.